The van der Waals surface area contributed by atoms with Gasteiger partial charge in [0.25, 0.3) is 5.91 Å². The van der Waals surface area contributed by atoms with Crippen molar-refractivity contribution in [2.45, 2.75) is 26.0 Å². The van der Waals surface area contributed by atoms with Crippen molar-refractivity contribution in [2.24, 2.45) is 0 Å². The maximum atomic E-state index is 13.0. The van der Waals surface area contributed by atoms with Gasteiger partial charge in [-0.2, -0.15) is 0 Å². The molecule has 5 nitrogen and oxygen atoms in total. The summed E-state index contributed by atoms with van der Waals surface area (Å²) in [6.45, 7) is 2.57. The first-order chi connectivity index (χ1) is 15.1. The Morgan fingerprint density at radius 2 is 1.81 bits per heavy atom. The van der Waals surface area contributed by atoms with E-state index in [1.54, 1.807) is 36.5 Å². The summed E-state index contributed by atoms with van der Waals surface area (Å²) in [5.41, 5.74) is 3.71. The van der Waals surface area contributed by atoms with Crippen LogP contribution in [0, 0.1) is 0 Å². The molecule has 1 aliphatic rings. The molecule has 1 atom stereocenters. The molecule has 0 fully saturated rings. The molecule has 0 spiro atoms. The summed E-state index contributed by atoms with van der Waals surface area (Å²) in [6, 6.07) is 23.0. The Labute approximate surface area is 179 Å². The number of hydrogen-bond donors (Lipinski definition) is 1. The first-order valence-corrected chi connectivity index (χ1v) is 10.3. The Bertz CT molecular complexity index is 1320. The molecule has 5 rings (SSSR count). The summed E-state index contributed by atoms with van der Waals surface area (Å²) in [4.78, 5) is 25.9. The van der Waals surface area contributed by atoms with E-state index < -0.39 is 5.91 Å². The van der Waals surface area contributed by atoms with Gasteiger partial charge >= 0.3 is 0 Å². The van der Waals surface area contributed by atoms with Crippen LogP contribution in [0.25, 0.3) is 10.9 Å². The molecule has 1 N–H and O–H groups in total. The van der Waals surface area contributed by atoms with Crippen LogP contribution in [0.5, 0.6) is 5.75 Å². The number of nitrogens with zero attached hydrogens (tertiary/aromatic N) is 1. The van der Waals surface area contributed by atoms with Crippen LogP contribution in [-0.2, 0) is 13.0 Å². The molecule has 3 aromatic carbocycles. The minimum absolute atomic E-state index is 0.155. The number of carbonyl (C=O) groups is 1. The smallest absolute Gasteiger partial charge is 0.261 e. The molecule has 31 heavy (non-hydrogen) atoms. The molecule has 1 amide bonds. The molecule has 4 aromatic rings. The highest BCUT2D eigenvalue weighted by Crippen LogP contribution is 2.31. The Morgan fingerprint density at radius 3 is 2.58 bits per heavy atom. The van der Waals surface area contributed by atoms with Crippen molar-refractivity contribution in [3.8, 4) is 5.75 Å². The zero-order chi connectivity index (χ0) is 21.4. The molecule has 1 aromatic heterocycles. The van der Waals surface area contributed by atoms with Crippen molar-refractivity contribution in [1.29, 1.82) is 0 Å². The van der Waals surface area contributed by atoms with Crippen LogP contribution in [0.1, 0.15) is 34.5 Å². The maximum absolute atomic E-state index is 13.0. The van der Waals surface area contributed by atoms with Crippen molar-refractivity contribution in [2.75, 3.05) is 5.32 Å². The highest BCUT2D eigenvalue weighted by atomic mass is 16.5. The van der Waals surface area contributed by atoms with Gasteiger partial charge in [-0.05, 0) is 54.8 Å². The lowest BCUT2D eigenvalue weighted by molar-refractivity contribution is 0.102. The maximum Gasteiger partial charge on any atom is 0.261 e. The van der Waals surface area contributed by atoms with Crippen molar-refractivity contribution < 1.29 is 9.53 Å². The number of pyridine rings is 1. The zero-order valence-corrected chi connectivity index (χ0v) is 17.2. The average molecular weight is 410 g/mol. The Balaban J connectivity index is 1.35. The summed E-state index contributed by atoms with van der Waals surface area (Å²) >= 11 is 0. The fourth-order valence-electron chi connectivity index (χ4n) is 4.15. The molecule has 0 unspecified atom stereocenters. The largest absolute Gasteiger partial charge is 0.489 e. The minimum atomic E-state index is -0.405. The molecule has 0 saturated carbocycles. The molecule has 0 saturated heterocycles. The number of rotatable bonds is 5. The van der Waals surface area contributed by atoms with Crippen LogP contribution in [0.2, 0.25) is 0 Å². The molecular formula is C26H22N2O3. The standard InChI is InChI=1S/C26H22N2O3/c1-17-14-19-8-5-9-22-24(19)28(17)15-23(25(22)29)26(30)27-20-10-12-21(13-11-20)31-16-18-6-3-2-4-7-18/h2-13,15,17H,14,16H2,1H3,(H,27,30)/t17-/m0/s1. The van der Waals surface area contributed by atoms with Gasteiger partial charge in [0.2, 0.25) is 5.43 Å². The van der Waals surface area contributed by atoms with E-state index in [-0.39, 0.29) is 17.0 Å². The molecule has 0 aliphatic carbocycles. The average Bonchev–Trinajstić information content (AvgIpc) is 3.12. The third-order valence-corrected chi connectivity index (χ3v) is 5.73. The second-order valence-corrected chi connectivity index (χ2v) is 7.90. The number of hydrogen-bond acceptors (Lipinski definition) is 3. The number of aromatic nitrogens is 1. The number of nitrogens with one attached hydrogen (secondary N) is 1. The van der Waals surface area contributed by atoms with Crippen molar-refractivity contribution >= 4 is 22.5 Å². The Morgan fingerprint density at radius 1 is 1.03 bits per heavy atom. The molecule has 0 bridgehead atoms. The van der Waals surface area contributed by atoms with Crippen LogP contribution in [0.3, 0.4) is 0 Å². The zero-order valence-electron chi connectivity index (χ0n) is 17.2. The van der Waals surface area contributed by atoms with E-state index in [0.717, 1.165) is 23.1 Å². The number of carbonyl (C=O) groups excluding carboxylic acids is 1. The van der Waals surface area contributed by atoms with Crippen molar-refractivity contribution in [3.63, 3.8) is 0 Å². The first-order valence-electron chi connectivity index (χ1n) is 10.3. The number of anilines is 1. The summed E-state index contributed by atoms with van der Waals surface area (Å²) in [6.07, 6.45) is 2.56. The molecular weight excluding hydrogens is 388 g/mol. The van der Waals surface area contributed by atoms with E-state index in [1.807, 2.05) is 47.0 Å². The normalized spacial score (nSPS) is 14.5. The van der Waals surface area contributed by atoms with Crippen molar-refractivity contribution in [3.05, 3.63) is 106 Å². The fraction of sp³-hybridized carbons (Fsp3) is 0.154. The second-order valence-electron chi connectivity index (χ2n) is 7.90. The van der Waals surface area contributed by atoms with Crippen LogP contribution < -0.4 is 15.5 Å². The summed E-state index contributed by atoms with van der Waals surface area (Å²) in [5.74, 6) is 0.306. The van der Waals surface area contributed by atoms with Gasteiger partial charge in [-0.3, -0.25) is 9.59 Å². The van der Waals surface area contributed by atoms with E-state index in [1.165, 1.54) is 0 Å². The molecule has 154 valence electrons. The van der Waals surface area contributed by atoms with Gasteiger partial charge in [0.15, 0.2) is 0 Å². The van der Waals surface area contributed by atoms with Gasteiger partial charge in [0.05, 0.1) is 5.52 Å². The van der Waals surface area contributed by atoms with Gasteiger partial charge < -0.3 is 14.6 Å². The van der Waals surface area contributed by atoms with Crippen LogP contribution >= 0.6 is 0 Å². The molecule has 0 radical (unpaired) electrons. The molecule has 5 heteroatoms. The lowest BCUT2D eigenvalue weighted by Gasteiger charge is -2.13. The topological polar surface area (TPSA) is 60.3 Å². The third-order valence-electron chi connectivity index (χ3n) is 5.73. The quantitative estimate of drug-likeness (QED) is 0.506. The van der Waals surface area contributed by atoms with Crippen LogP contribution in [0.15, 0.2) is 83.8 Å². The lowest BCUT2D eigenvalue weighted by atomic mass is 10.1. The highest BCUT2D eigenvalue weighted by Gasteiger charge is 2.24. The van der Waals surface area contributed by atoms with Gasteiger partial charge in [0, 0.05) is 23.3 Å². The summed E-state index contributed by atoms with van der Waals surface area (Å²) in [5, 5.41) is 3.44. The van der Waals surface area contributed by atoms with Crippen LogP contribution in [-0.4, -0.2) is 10.5 Å². The lowest BCUT2D eigenvalue weighted by Crippen LogP contribution is -2.23. The van der Waals surface area contributed by atoms with E-state index in [0.29, 0.717) is 23.4 Å². The van der Waals surface area contributed by atoms with Gasteiger partial charge in [-0.25, -0.2) is 0 Å². The fourth-order valence-corrected chi connectivity index (χ4v) is 4.15. The molecule has 2 heterocycles. The van der Waals surface area contributed by atoms with Gasteiger partial charge in [0.1, 0.15) is 17.9 Å². The second kappa shape index (κ2) is 7.76. The van der Waals surface area contributed by atoms with E-state index >= 15 is 0 Å². The number of ether oxygens (including phenoxy) is 1. The van der Waals surface area contributed by atoms with E-state index in [4.69, 9.17) is 4.74 Å². The predicted molar refractivity (Wildman–Crippen MR) is 122 cm³/mol. The first kappa shape index (κ1) is 19.1. The number of amides is 1. The monoisotopic (exact) mass is 410 g/mol. The highest BCUT2D eigenvalue weighted by molar-refractivity contribution is 6.06. The summed E-state index contributed by atoms with van der Waals surface area (Å²) < 4.78 is 7.83. The van der Waals surface area contributed by atoms with Gasteiger partial charge in [-0.15, -0.1) is 0 Å². The Hall–Kier alpha value is -3.86. The third kappa shape index (κ3) is 3.59. The SMILES string of the molecule is C[C@H]1Cc2cccc3c(=O)c(C(=O)Nc4ccc(OCc5ccccc5)cc4)cn1c23. The minimum Gasteiger partial charge on any atom is -0.489 e. The predicted octanol–water partition coefficient (Wildman–Crippen LogP) is 4.95. The van der Waals surface area contributed by atoms with Crippen molar-refractivity contribution in [1.82, 2.24) is 4.57 Å². The molecule has 1 aliphatic heterocycles. The Kier molecular flexibility index (Phi) is 4.79. The number of para-hydroxylation sites is 1. The summed E-state index contributed by atoms with van der Waals surface area (Å²) in [7, 11) is 0. The van der Waals surface area contributed by atoms with Crippen LogP contribution in [0.4, 0.5) is 5.69 Å². The number of benzene rings is 3. The van der Waals surface area contributed by atoms with Gasteiger partial charge in [-0.1, -0.05) is 42.5 Å². The van der Waals surface area contributed by atoms with E-state index in [9.17, 15) is 9.59 Å². The van der Waals surface area contributed by atoms with E-state index in [2.05, 4.69) is 12.2 Å².